The summed E-state index contributed by atoms with van der Waals surface area (Å²) in [6, 6.07) is 10.7. The summed E-state index contributed by atoms with van der Waals surface area (Å²) in [5.41, 5.74) is 4.74. The first kappa shape index (κ1) is 22.2. The number of hydrogen-bond acceptors (Lipinski definition) is 3. The Kier molecular flexibility index (Phi) is 8.24. The zero-order valence-corrected chi connectivity index (χ0v) is 18.3. The summed E-state index contributed by atoms with van der Waals surface area (Å²) in [5, 5.41) is 7.78. The molecule has 0 aliphatic carbocycles. The lowest BCUT2D eigenvalue weighted by Gasteiger charge is -2.24. The third kappa shape index (κ3) is 6.48. The third-order valence-electron chi connectivity index (χ3n) is 5.25. The van der Waals surface area contributed by atoms with Crippen LogP contribution in [0.2, 0.25) is 0 Å². The molecule has 0 fully saturated rings. The first-order valence-electron chi connectivity index (χ1n) is 10.3. The van der Waals surface area contributed by atoms with Crippen molar-refractivity contribution in [2.75, 3.05) is 20.6 Å². The number of amides is 1. The van der Waals surface area contributed by atoms with Gasteiger partial charge in [0, 0.05) is 31.2 Å². The van der Waals surface area contributed by atoms with E-state index in [4.69, 9.17) is 0 Å². The van der Waals surface area contributed by atoms with Crippen LogP contribution in [0.3, 0.4) is 0 Å². The predicted octanol–water partition coefficient (Wildman–Crippen LogP) is 3.38. The highest BCUT2D eigenvalue weighted by molar-refractivity contribution is 5.76. The van der Waals surface area contributed by atoms with Crippen LogP contribution in [0, 0.1) is 19.8 Å². The molecule has 5 heteroatoms. The van der Waals surface area contributed by atoms with Gasteiger partial charge in [-0.15, -0.1) is 0 Å². The average Bonchev–Trinajstić information content (AvgIpc) is 2.90. The van der Waals surface area contributed by atoms with E-state index in [2.05, 4.69) is 79.1 Å². The van der Waals surface area contributed by atoms with E-state index in [1.165, 1.54) is 16.8 Å². The van der Waals surface area contributed by atoms with Gasteiger partial charge in [-0.1, -0.05) is 44.2 Å². The second-order valence-electron chi connectivity index (χ2n) is 8.34. The molecule has 1 N–H and O–H groups in total. The molecule has 2 aromatic rings. The van der Waals surface area contributed by atoms with E-state index in [1.807, 2.05) is 13.0 Å². The van der Waals surface area contributed by atoms with Gasteiger partial charge in [0.2, 0.25) is 5.91 Å². The normalized spacial score (nSPS) is 12.6. The number of carbonyl (C=O) groups excluding carboxylic acids is 1. The zero-order valence-electron chi connectivity index (χ0n) is 18.3. The SMILES string of the molecule is Cc1nn(CC(C)C)c(C)c1CCC(=O)NCC(Cc1ccccc1)N(C)C. The molecule has 1 atom stereocenters. The second kappa shape index (κ2) is 10.4. The van der Waals surface area contributed by atoms with Crippen molar-refractivity contribution >= 4 is 5.91 Å². The maximum atomic E-state index is 12.4. The Hall–Kier alpha value is -2.14. The van der Waals surface area contributed by atoms with Gasteiger partial charge in [-0.25, -0.2) is 0 Å². The second-order valence-corrected chi connectivity index (χ2v) is 8.34. The van der Waals surface area contributed by atoms with Gasteiger partial charge < -0.3 is 10.2 Å². The maximum Gasteiger partial charge on any atom is 0.220 e. The van der Waals surface area contributed by atoms with E-state index in [0.717, 1.165) is 25.1 Å². The molecule has 0 saturated carbocycles. The van der Waals surface area contributed by atoms with E-state index in [1.54, 1.807) is 0 Å². The number of nitrogens with one attached hydrogen (secondary N) is 1. The molecule has 1 aromatic heterocycles. The van der Waals surface area contributed by atoms with Crippen molar-refractivity contribution in [3.8, 4) is 0 Å². The Morgan fingerprint density at radius 1 is 1.18 bits per heavy atom. The Morgan fingerprint density at radius 2 is 1.86 bits per heavy atom. The van der Waals surface area contributed by atoms with Crippen molar-refractivity contribution in [3.05, 3.63) is 52.8 Å². The summed E-state index contributed by atoms with van der Waals surface area (Å²) < 4.78 is 2.08. The summed E-state index contributed by atoms with van der Waals surface area (Å²) >= 11 is 0. The number of benzene rings is 1. The highest BCUT2D eigenvalue weighted by Crippen LogP contribution is 2.16. The van der Waals surface area contributed by atoms with Gasteiger partial charge >= 0.3 is 0 Å². The quantitative estimate of drug-likeness (QED) is 0.683. The van der Waals surface area contributed by atoms with Crippen LogP contribution >= 0.6 is 0 Å². The number of hydrogen-bond donors (Lipinski definition) is 1. The Bertz CT molecular complexity index is 749. The molecule has 0 aliphatic rings. The van der Waals surface area contributed by atoms with Crippen molar-refractivity contribution in [2.45, 2.75) is 59.5 Å². The van der Waals surface area contributed by atoms with Gasteiger partial charge in [0.1, 0.15) is 0 Å². The zero-order chi connectivity index (χ0) is 20.7. The van der Waals surface area contributed by atoms with Gasteiger partial charge in [-0.05, 0) is 57.8 Å². The van der Waals surface area contributed by atoms with E-state index < -0.39 is 0 Å². The number of aryl methyl sites for hydroxylation is 1. The minimum absolute atomic E-state index is 0.107. The maximum absolute atomic E-state index is 12.4. The molecular formula is C23H36N4O. The van der Waals surface area contributed by atoms with Crippen LogP contribution in [0.4, 0.5) is 0 Å². The monoisotopic (exact) mass is 384 g/mol. The van der Waals surface area contributed by atoms with Gasteiger partial charge in [-0.2, -0.15) is 5.10 Å². The molecule has 1 aromatic carbocycles. The number of nitrogens with zero attached hydrogens (tertiary/aromatic N) is 3. The Labute approximate surface area is 170 Å². The van der Waals surface area contributed by atoms with Gasteiger partial charge in [0.05, 0.1) is 5.69 Å². The van der Waals surface area contributed by atoms with Crippen LogP contribution in [0.5, 0.6) is 0 Å². The minimum Gasteiger partial charge on any atom is -0.355 e. The Morgan fingerprint density at radius 3 is 2.46 bits per heavy atom. The summed E-state index contributed by atoms with van der Waals surface area (Å²) in [5.74, 6) is 0.664. The fourth-order valence-corrected chi connectivity index (χ4v) is 3.50. The lowest BCUT2D eigenvalue weighted by atomic mass is 10.0. The highest BCUT2D eigenvalue weighted by Gasteiger charge is 2.16. The smallest absolute Gasteiger partial charge is 0.220 e. The summed E-state index contributed by atoms with van der Waals surface area (Å²) in [7, 11) is 4.13. The third-order valence-corrected chi connectivity index (χ3v) is 5.25. The van der Waals surface area contributed by atoms with Crippen LogP contribution in [0.1, 0.15) is 42.8 Å². The van der Waals surface area contributed by atoms with Gasteiger partial charge in [0.25, 0.3) is 0 Å². The fourth-order valence-electron chi connectivity index (χ4n) is 3.50. The largest absolute Gasteiger partial charge is 0.355 e. The number of likely N-dealkylation sites (N-methyl/N-ethyl adjacent to an activating group) is 1. The molecule has 1 amide bonds. The Balaban J connectivity index is 1.87. The van der Waals surface area contributed by atoms with Crippen molar-refractivity contribution in [2.24, 2.45) is 5.92 Å². The number of rotatable bonds is 10. The average molecular weight is 385 g/mol. The highest BCUT2D eigenvalue weighted by atomic mass is 16.1. The lowest BCUT2D eigenvalue weighted by molar-refractivity contribution is -0.121. The van der Waals surface area contributed by atoms with Crippen LogP contribution in [-0.2, 0) is 24.2 Å². The lowest BCUT2D eigenvalue weighted by Crippen LogP contribution is -2.41. The van der Waals surface area contributed by atoms with Crippen LogP contribution in [-0.4, -0.2) is 47.3 Å². The molecule has 28 heavy (non-hydrogen) atoms. The van der Waals surface area contributed by atoms with Crippen LogP contribution in [0.15, 0.2) is 30.3 Å². The van der Waals surface area contributed by atoms with Crippen LogP contribution < -0.4 is 5.32 Å². The fraction of sp³-hybridized carbons (Fsp3) is 0.565. The molecular weight excluding hydrogens is 348 g/mol. The molecule has 0 saturated heterocycles. The standard InChI is InChI=1S/C23H36N4O/c1-17(2)16-27-19(4)22(18(3)25-27)12-13-23(28)24-15-21(26(5)6)14-20-10-8-7-9-11-20/h7-11,17,21H,12-16H2,1-6H3,(H,24,28). The molecule has 0 radical (unpaired) electrons. The van der Waals surface area contributed by atoms with E-state index >= 15 is 0 Å². The molecule has 5 nitrogen and oxygen atoms in total. The van der Waals surface area contributed by atoms with E-state index in [9.17, 15) is 4.79 Å². The number of aromatic nitrogens is 2. The molecule has 0 aliphatic heterocycles. The van der Waals surface area contributed by atoms with Crippen molar-refractivity contribution in [1.29, 1.82) is 0 Å². The molecule has 154 valence electrons. The number of carbonyl (C=O) groups is 1. The topological polar surface area (TPSA) is 50.2 Å². The first-order valence-corrected chi connectivity index (χ1v) is 10.3. The summed E-state index contributed by atoms with van der Waals surface area (Å²) in [4.78, 5) is 14.6. The molecule has 1 unspecified atom stereocenters. The van der Waals surface area contributed by atoms with Gasteiger partial charge in [0.15, 0.2) is 0 Å². The minimum atomic E-state index is 0.107. The van der Waals surface area contributed by atoms with Crippen molar-refractivity contribution in [3.63, 3.8) is 0 Å². The molecule has 2 rings (SSSR count). The molecule has 0 bridgehead atoms. The van der Waals surface area contributed by atoms with Crippen molar-refractivity contribution < 1.29 is 4.79 Å². The van der Waals surface area contributed by atoms with Crippen molar-refractivity contribution in [1.82, 2.24) is 20.0 Å². The predicted molar refractivity (Wildman–Crippen MR) is 115 cm³/mol. The first-order chi connectivity index (χ1) is 13.3. The van der Waals surface area contributed by atoms with Gasteiger partial charge in [-0.3, -0.25) is 9.48 Å². The van der Waals surface area contributed by atoms with Crippen LogP contribution in [0.25, 0.3) is 0 Å². The molecule has 0 spiro atoms. The van der Waals surface area contributed by atoms with E-state index in [-0.39, 0.29) is 11.9 Å². The van der Waals surface area contributed by atoms with E-state index in [0.29, 0.717) is 18.9 Å². The summed E-state index contributed by atoms with van der Waals surface area (Å²) in [6.07, 6.45) is 2.17. The molecule has 1 heterocycles. The summed E-state index contributed by atoms with van der Waals surface area (Å²) in [6.45, 7) is 10.1.